The van der Waals surface area contributed by atoms with Gasteiger partial charge < -0.3 is 15.4 Å². The number of ether oxygens (including phenoxy) is 1. The molecule has 0 bridgehead atoms. The Kier molecular flexibility index (Phi) is 5.13. The van der Waals surface area contributed by atoms with E-state index in [1.165, 1.54) is 0 Å². The predicted molar refractivity (Wildman–Crippen MR) is 74.8 cm³/mol. The van der Waals surface area contributed by atoms with Crippen LogP contribution in [0.4, 0.5) is 11.4 Å². The minimum atomic E-state index is 0.459. The van der Waals surface area contributed by atoms with Gasteiger partial charge in [-0.05, 0) is 33.3 Å². The van der Waals surface area contributed by atoms with E-state index < -0.39 is 0 Å². The minimum Gasteiger partial charge on any atom is -0.493 e. The van der Waals surface area contributed by atoms with Gasteiger partial charge in [-0.3, -0.25) is 0 Å². The topological polar surface area (TPSA) is 38.5 Å². The van der Waals surface area contributed by atoms with Crippen molar-refractivity contribution < 1.29 is 4.74 Å². The van der Waals surface area contributed by atoms with E-state index in [1.807, 2.05) is 12.1 Å². The Balaban J connectivity index is 2.94. The standard InChI is InChI=1S/C14H24N2O/c1-5-7-17-14-9-12(15)8-13(10-14)16(6-2)11(3)4/h8-11H,5-7,15H2,1-4H3. The number of nitrogens with zero attached hydrogens (tertiary/aromatic N) is 1. The maximum absolute atomic E-state index is 5.92. The Bertz CT molecular complexity index is 350. The molecular weight excluding hydrogens is 212 g/mol. The minimum absolute atomic E-state index is 0.459. The average molecular weight is 236 g/mol. The molecule has 0 heterocycles. The first-order valence-corrected chi connectivity index (χ1v) is 6.38. The summed E-state index contributed by atoms with van der Waals surface area (Å²) in [6.45, 7) is 10.3. The zero-order valence-corrected chi connectivity index (χ0v) is 11.4. The van der Waals surface area contributed by atoms with Crippen LogP contribution in [0.5, 0.6) is 5.75 Å². The van der Waals surface area contributed by atoms with Crippen molar-refractivity contribution in [1.82, 2.24) is 0 Å². The van der Waals surface area contributed by atoms with Crippen LogP contribution in [0.25, 0.3) is 0 Å². The molecule has 2 N–H and O–H groups in total. The van der Waals surface area contributed by atoms with E-state index in [-0.39, 0.29) is 0 Å². The molecule has 0 saturated carbocycles. The molecule has 0 aliphatic heterocycles. The van der Waals surface area contributed by atoms with Gasteiger partial charge in [0.2, 0.25) is 0 Å². The summed E-state index contributed by atoms with van der Waals surface area (Å²) in [6, 6.07) is 6.41. The van der Waals surface area contributed by atoms with Gasteiger partial charge in [0.15, 0.2) is 0 Å². The molecule has 0 saturated heterocycles. The monoisotopic (exact) mass is 236 g/mol. The zero-order chi connectivity index (χ0) is 12.8. The van der Waals surface area contributed by atoms with Gasteiger partial charge in [-0.15, -0.1) is 0 Å². The van der Waals surface area contributed by atoms with E-state index in [1.54, 1.807) is 0 Å². The molecule has 3 heteroatoms. The van der Waals surface area contributed by atoms with E-state index >= 15 is 0 Å². The van der Waals surface area contributed by atoms with Gasteiger partial charge in [0, 0.05) is 36.1 Å². The first kappa shape index (κ1) is 13.7. The maximum atomic E-state index is 5.92. The van der Waals surface area contributed by atoms with Crippen molar-refractivity contribution in [3.05, 3.63) is 18.2 Å². The molecule has 1 rings (SSSR count). The molecule has 1 aromatic rings. The first-order valence-electron chi connectivity index (χ1n) is 6.38. The van der Waals surface area contributed by atoms with Gasteiger partial charge in [-0.25, -0.2) is 0 Å². The fourth-order valence-electron chi connectivity index (χ4n) is 1.92. The van der Waals surface area contributed by atoms with Crippen LogP contribution in [-0.4, -0.2) is 19.2 Å². The smallest absolute Gasteiger partial charge is 0.123 e. The van der Waals surface area contributed by atoms with Crippen molar-refractivity contribution in [2.24, 2.45) is 0 Å². The van der Waals surface area contributed by atoms with Crippen LogP contribution < -0.4 is 15.4 Å². The Morgan fingerprint density at radius 3 is 2.47 bits per heavy atom. The summed E-state index contributed by atoms with van der Waals surface area (Å²) >= 11 is 0. The Morgan fingerprint density at radius 2 is 1.94 bits per heavy atom. The number of hydrogen-bond donors (Lipinski definition) is 1. The number of nitrogens with two attached hydrogens (primary N) is 1. The van der Waals surface area contributed by atoms with E-state index in [2.05, 4.69) is 38.7 Å². The van der Waals surface area contributed by atoms with Crippen LogP contribution in [0.3, 0.4) is 0 Å². The third kappa shape index (κ3) is 3.84. The van der Waals surface area contributed by atoms with Crippen molar-refractivity contribution in [1.29, 1.82) is 0 Å². The largest absolute Gasteiger partial charge is 0.493 e. The van der Waals surface area contributed by atoms with Crippen LogP contribution in [0.15, 0.2) is 18.2 Å². The zero-order valence-electron chi connectivity index (χ0n) is 11.4. The molecule has 17 heavy (non-hydrogen) atoms. The van der Waals surface area contributed by atoms with Crippen LogP contribution in [0, 0.1) is 0 Å². The number of anilines is 2. The summed E-state index contributed by atoms with van der Waals surface area (Å²) < 4.78 is 5.64. The van der Waals surface area contributed by atoms with Gasteiger partial charge in [-0.2, -0.15) is 0 Å². The second kappa shape index (κ2) is 6.38. The van der Waals surface area contributed by atoms with Crippen molar-refractivity contribution >= 4 is 11.4 Å². The van der Waals surface area contributed by atoms with Gasteiger partial charge in [-0.1, -0.05) is 6.92 Å². The molecule has 0 fully saturated rings. The number of benzene rings is 1. The Morgan fingerprint density at radius 1 is 1.24 bits per heavy atom. The lowest BCUT2D eigenvalue weighted by Crippen LogP contribution is -2.30. The van der Waals surface area contributed by atoms with E-state index in [0.29, 0.717) is 6.04 Å². The SMILES string of the molecule is CCCOc1cc(N)cc(N(CC)C(C)C)c1. The third-order valence-corrected chi connectivity index (χ3v) is 2.68. The van der Waals surface area contributed by atoms with Crippen LogP contribution in [0.1, 0.15) is 34.1 Å². The van der Waals surface area contributed by atoms with Crippen molar-refractivity contribution in [2.75, 3.05) is 23.8 Å². The first-order chi connectivity index (χ1) is 8.08. The quantitative estimate of drug-likeness (QED) is 0.770. The molecule has 0 aliphatic rings. The number of rotatable bonds is 6. The molecule has 0 aromatic heterocycles. The average Bonchev–Trinajstić information content (AvgIpc) is 2.26. The predicted octanol–water partition coefficient (Wildman–Crippen LogP) is 3.29. The van der Waals surface area contributed by atoms with E-state index in [4.69, 9.17) is 10.5 Å². The lowest BCUT2D eigenvalue weighted by atomic mass is 10.2. The molecule has 0 radical (unpaired) electrons. The van der Waals surface area contributed by atoms with E-state index in [9.17, 15) is 0 Å². The van der Waals surface area contributed by atoms with Gasteiger partial charge in [0.1, 0.15) is 5.75 Å². The van der Waals surface area contributed by atoms with Crippen LogP contribution in [-0.2, 0) is 0 Å². The second-order valence-corrected chi connectivity index (χ2v) is 4.49. The summed E-state index contributed by atoms with van der Waals surface area (Å²) in [4.78, 5) is 2.30. The molecule has 3 nitrogen and oxygen atoms in total. The normalized spacial score (nSPS) is 10.6. The lowest BCUT2D eigenvalue weighted by molar-refractivity contribution is 0.317. The Labute approximate surface area is 105 Å². The summed E-state index contributed by atoms with van der Waals surface area (Å²) in [5.74, 6) is 0.862. The van der Waals surface area contributed by atoms with Gasteiger partial charge >= 0.3 is 0 Å². The molecule has 0 spiro atoms. The molecule has 0 atom stereocenters. The number of hydrogen-bond acceptors (Lipinski definition) is 3. The fourth-order valence-corrected chi connectivity index (χ4v) is 1.92. The van der Waals surface area contributed by atoms with Crippen molar-refractivity contribution in [2.45, 2.75) is 40.2 Å². The summed E-state index contributed by atoms with van der Waals surface area (Å²) in [6.07, 6.45) is 1.01. The summed E-state index contributed by atoms with van der Waals surface area (Å²) in [7, 11) is 0. The maximum Gasteiger partial charge on any atom is 0.123 e. The molecule has 0 aliphatic carbocycles. The Hall–Kier alpha value is -1.38. The highest BCUT2D eigenvalue weighted by atomic mass is 16.5. The molecular formula is C14H24N2O. The highest BCUT2D eigenvalue weighted by Gasteiger charge is 2.10. The summed E-state index contributed by atoms with van der Waals surface area (Å²) in [5.41, 5.74) is 7.81. The molecule has 1 aromatic carbocycles. The van der Waals surface area contributed by atoms with Crippen molar-refractivity contribution in [3.63, 3.8) is 0 Å². The molecule has 96 valence electrons. The lowest BCUT2D eigenvalue weighted by Gasteiger charge is -2.28. The van der Waals surface area contributed by atoms with E-state index in [0.717, 1.165) is 36.7 Å². The second-order valence-electron chi connectivity index (χ2n) is 4.49. The molecule has 0 amide bonds. The van der Waals surface area contributed by atoms with Crippen LogP contribution >= 0.6 is 0 Å². The highest BCUT2D eigenvalue weighted by Crippen LogP contribution is 2.26. The van der Waals surface area contributed by atoms with Crippen LogP contribution in [0.2, 0.25) is 0 Å². The fraction of sp³-hybridized carbons (Fsp3) is 0.571. The third-order valence-electron chi connectivity index (χ3n) is 2.68. The van der Waals surface area contributed by atoms with Crippen molar-refractivity contribution in [3.8, 4) is 5.75 Å². The van der Waals surface area contributed by atoms with Gasteiger partial charge in [0.25, 0.3) is 0 Å². The highest BCUT2D eigenvalue weighted by molar-refractivity contribution is 5.60. The molecule has 0 unspecified atom stereocenters. The summed E-state index contributed by atoms with van der Waals surface area (Å²) in [5, 5.41) is 0. The number of nitrogen functional groups attached to an aromatic ring is 1. The van der Waals surface area contributed by atoms with Gasteiger partial charge in [0.05, 0.1) is 6.61 Å².